The highest BCUT2D eigenvalue weighted by Crippen LogP contribution is 2.22. The lowest BCUT2D eigenvalue weighted by Gasteiger charge is -2.13. The lowest BCUT2D eigenvalue weighted by Crippen LogP contribution is -2.09. The Bertz CT molecular complexity index is 924. The molecule has 0 fully saturated rings. The van der Waals surface area contributed by atoms with Crippen LogP contribution in [0.5, 0.6) is 5.75 Å². The average Bonchev–Trinajstić information content (AvgIpc) is 2.65. The minimum absolute atomic E-state index is 0.600. The smallest absolute Gasteiger partial charge is 0.229 e. The lowest BCUT2D eigenvalue weighted by atomic mass is 10.1. The molecule has 0 saturated heterocycles. The Morgan fingerprint density at radius 3 is 2.59 bits per heavy atom. The van der Waals surface area contributed by atoms with Gasteiger partial charge in [0.25, 0.3) is 0 Å². The van der Waals surface area contributed by atoms with Crippen molar-refractivity contribution in [2.45, 2.75) is 27.2 Å². The van der Waals surface area contributed by atoms with Crippen molar-refractivity contribution in [1.29, 1.82) is 0 Å². The van der Waals surface area contributed by atoms with Gasteiger partial charge in [-0.15, -0.1) is 0 Å². The SMILES string of the molecule is COc1ccccc1CCNc1cc(C)nc(Nc2cccc(C)c2C)n1. The standard InChI is InChI=1S/C22H26N4O/c1-15-8-7-10-19(17(15)3)25-22-24-16(2)14-21(26-22)23-13-12-18-9-5-6-11-20(18)27-4/h5-11,14H,12-13H2,1-4H3,(H2,23,24,25,26). The fourth-order valence-electron chi connectivity index (χ4n) is 2.96. The van der Waals surface area contributed by atoms with Gasteiger partial charge in [0.2, 0.25) is 5.95 Å². The lowest BCUT2D eigenvalue weighted by molar-refractivity contribution is 0.410. The van der Waals surface area contributed by atoms with Gasteiger partial charge in [-0.1, -0.05) is 30.3 Å². The fraction of sp³-hybridized carbons (Fsp3) is 0.273. The van der Waals surface area contributed by atoms with Crippen LogP contribution in [0.2, 0.25) is 0 Å². The number of anilines is 3. The molecule has 0 bridgehead atoms. The first-order valence-corrected chi connectivity index (χ1v) is 9.11. The van der Waals surface area contributed by atoms with Crippen molar-refractivity contribution in [2.75, 3.05) is 24.3 Å². The van der Waals surface area contributed by atoms with Gasteiger partial charge in [0, 0.05) is 24.0 Å². The van der Waals surface area contributed by atoms with Crippen LogP contribution in [0.1, 0.15) is 22.4 Å². The number of hydrogen-bond donors (Lipinski definition) is 2. The zero-order chi connectivity index (χ0) is 19.2. The first-order valence-electron chi connectivity index (χ1n) is 9.11. The highest BCUT2D eigenvalue weighted by atomic mass is 16.5. The molecule has 140 valence electrons. The van der Waals surface area contributed by atoms with Crippen molar-refractivity contribution in [3.05, 3.63) is 70.9 Å². The maximum absolute atomic E-state index is 5.41. The number of ether oxygens (including phenoxy) is 1. The third kappa shape index (κ3) is 4.76. The molecule has 0 amide bonds. The molecule has 0 unspecified atom stereocenters. The van der Waals surface area contributed by atoms with Crippen LogP contribution in [0.15, 0.2) is 48.5 Å². The summed E-state index contributed by atoms with van der Waals surface area (Å²) >= 11 is 0. The van der Waals surface area contributed by atoms with E-state index >= 15 is 0 Å². The summed E-state index contributed by atoms with van der Waals surface area (Å²) in [6.45, 7) is 6.93. The fourth-order valence-corrected chi connectivity index (χ4v) is 2.96. The van der Waals surface area contributed by atoms with Crippen LogP contribution in [-0.4, -0.2) is 23.6 Å². The molecule has 0 aliphatic rings. The number of methoxy groups -OCH3 is 1. The highest BCUT2D eigenvalue weighted by molar-refractivity contribution is 5.61. The molecule has 0 atom stereocenters. The van der Waals surface area contributed by atoms with E-state index in [9.17, 15) is 0 Å². The van der Waals surface area contributed by atoms with Gasteiger partial charge in [-0.05, 0) is 56.0 Å². The predicted molar refractivity (Wildman–Crippen MR) is 111 cm³/mol. The van der Waals surface area contributed by atoms with Gasteiger partial charge >= 0.3 is 0 Å². The zero-order valence-corrected chi connectivity index (χ0v) is 16.3. The number of para-hydroxylation sites is 1. The van der Waals surface area contributed by atoms with Crippen molar-refractivity contribution in [3.8, 4) is 5.75 Å². The number of benzene rings is 2. The largest absolute Gasteiger partial charge is 0.496 e. The number of nitrogens with one attached hydrogen (secondary N) is 2. The maximum atomic E-state index is 5.41. The van der Waals surface area contributed by atoms with E-state index in [1.165, 1.54) is 16.7 Å². The van der Waals surface area contributed by atoms with E-state index in [1.54, 1.807) is 7.11 Å². The van der Waals surface area contributed by atoms with E-state index in [0.717, 1.165) is 35.9 Å². The van der Waals surface area contributed by atoms with Gasteiger partial charge < -0.3 is 15.4 Å². The van der Waals surface area contributed by atoms with Crippen LogP contribution >= 0.6 is 0 Å². The van der Waals surface area contributed by atoms with Gasteiger partial charge in [0.05, 0.1) is 7.11 Å². The van der Waals surface area contributed by atoms with E-state index < -0.39 is 0 Å². The summed E-state index contributed by atoms with van der Waals surface area (Å²) < 4.78 is 5.41. The number of hydrogen-bond acceptors (Lipinski definition) is 5. The molecule has 2 N–H and O–H groups in total. The Kier molecular flexibility index (Phi) is 5.91. The molecule has 5 nitrogen and oxygen atoms in total. The minimum Gasteiger partial charge on any atom is -0.496 e. The second-order valence-electron chi connectivity index (χ2n) is 6.58. The quantitative estimate of drug-likeness (QED) is 0.632. The first kappa shape index (κ1) is 18.7. The van der Waals surface area contributed by atoms with Gasteiger partial charge in [-0.2, -0.15) is 4.98 Å². The van der Waals surface area contributed by atoms with Gasteiger partial charge in [-0.25, -0.2) is 4.98 Å². The molecule has 5 heteroatoms. The average molecular weight is 362 g/mol. The van der Waals surface area contributed by atoms with Crippen LogP contribution in [-0.2, 0) is 6.42 Å². The predicted octanol–water partition coefficient (Wildman–Crippen LogP) is 4.81. The molecular weight excluding hydrogens is 336 g/mol. The molecule has 0 saturated carbocycles. The van der Waals surface area contributed by atoms with E-state index in [0.29, 0.717) is 5.95 Å². The summed E-state index contributed by atoms with van der Waals surface area (Å²) in [6.07, 6.45) is 0.854. The zero-order valence-electron chi connectivity index (χ0n) is 16.3. The maximum Gasteiger partial charge on any atom is 0.229 e. The first-order chi connectivity index (χ1) is 13.1. The summed E-state index contributed by atoms with van der Waals surface area (Å²) in [7, 11) is 1.70. The third-order valence-electron chi connectivity index (χ3n) is 4.60. The van der Waals surface area contributed by atoms with Crippen LogP contribution in [0.25, 0.3) is 0 Å². The second kappa shape index (κ2) is 8.54. The molecule has 0 aliphatic heterocycles. The topological polar surface area (TPSA) is 59.1 Å². The van der Waals surface area contributed by atoms with Crippen LogP contribution in [0, 0.1) is 20.8 Å². The van der Waals surface area contributed by atoms with E-state index in [1.807, 2.05) is 43.3 Å². The molecule has 3 aromatic rings. The van der Waals surface area contributed by atoms with E-state index in [4.69, 9.17) is 4.74 Å². The summed E-state index contributed by atoms with van der Waals surface area (Å²) in [5.74, 6) is 2.32. The molecule has 1 heterocycles. The monoisotopic (exact) mass is 362 g/mol. The van der Waals surface area contributed by atoms with Crippen molar-refractivity contribution in [2.24, 2.45) is 0 Å². The Balaban J connectivity index is 1.69. The molecule has 0 spiro atoms. The number of nitrogens with zero attached hydrogens (tertiary/aromatic N) is 2. The molecule has 3 rings (SSSR count). The van der Waals surface area contributed by atoms with Crippen molar-refractivity contribution >= 4 is 17.5 Å². The number of aromatic nitrogens is 2. The van der Waals surface area contributed by atoms with Gasteiger partial charge in [-0.3, -0.25) is 0 Å². The molecule has 0 radical (unpaired) electrons. The van der Waals surface area contributed by atoms with Gasteiger partial charge in [0.1, 0.15) is 11.6 Å². The van der Waals surface area contributed by atoms with E-state index in [-0.39, 0.29) is 0 Å². The summed E-state index contributed by atoms with van der Waals surface area (Å²) in [5.41, 5.74) is 5.56. The number of rotatable bonds is 7. The molecule has 1 aromatic heterocycles. The van der Waals surface area contributed by atoms with Crippen molar-refractivity contribution in [3.63, 3.8) is 0 Å². The molecular formula is C22H26N4O. The number of aryl methyl sites for hydroxylation is 2. The van der Waals surface area contributed by atoms with Crippen molar-refractivity contribution < 1.29 is 4.74 Å². The summed E-state index contributed by atoms with van der Waals surface area (Å²) in [6, 6.07) is 16.2. The second-order valence-corrected chi connectivity index (χ2v) is 6.58. The van der Waals surface area contributed by atoms with Crippen LogP contribution in [0.3, 0.4) is 0 Å². The Morgan fingerprint density at radius 1 is 0.963 bits per heavy atom. The van der Waals surface area contributed by atoms with Crippen LogP contribution in [0.4, 0.5) is 17.5 Å². The minimum atomic E-state index is 0.600. The van der Waals surface area contributed by atoms with Gasteiger partial charge in [0.15, 0.2) is 0 Å². The van der Waals surface area contributed by atoms with E-state index in [2.05, 4.69) is 46.6 Å². The molecule has 0 aliphatic carbocycles. The summed E-state index contributed by atoms with van der Waals surface area (Å²) in [5, 5.41) is 6.73. The molecule has 2 aromatic carbocycles. The third-order valence-corrected chi connectivity index (χ3v) is 4.60. The summed E-state index contributed by atoms with van der Waals surface area (Å²) in [4.78, 5) is 9.12. The Hall–Kier alpha value is -3.08. The Labute approximate surface area is 160 Å². The Morgan fingerprint density at radius 2 is 1.78 bits per heavy atom. The van der Waals surface area contributed by atoms with Crippen LogP contribution < -0.4 is 15.4 Å². The van der Waals surface area contributed by atoms with Crippen molar-refractivity contribution in [1.82, 2.24) is 9.97 Å². The normalized spacial score (nSPS) is 10.5. The molecule has 27 heavy (non-hydrogen) atoms. The highest BCUT2D eigenvalue weighted by Gasteiger charge is 2.07.